The van der Waals surface area contributed by atoms with Gasteiger partial charge < -0.3 is 4.57 Å². The highest BCUT2D eigenvalue weighted by Crippen LogP contribution is 2.42. The van der Waals surface area contributed by atoms with E-state index in [0.717, 1.165) is 49.4 Å². The third-order valence-corrected chi connectivity index (χ3v) is 8.97. The fourth-order valence-corrected chi connectivity index (χ4v) is 6.84. The first-order valence-electron chi connectivity index (χ1n) is 21.0. The summed E-state index contributed by atoms with van der Waals surface area (Å²) in [5, 5.41) is 3.70. The summed E-state index contributed by atoms with van der Waals surface area (Å²) < 4.78 is 89.3. The van der Waals surface area contributed by atoms with Crippen molar-refractivity contribution in [2.75, 3.05) is 0 Å². The summed E-state index contributed by atoms with van der Waals surface area (Å²) in [5.41, 5.74) is 5.62. The molecule has 3 heterocycles. The van der Waals surface area contributed by atoms with Gasteiger partial charge in [-0.05, 0) is 41.5 Å². The zero-order valence-electron chi connectivity index (χ0n) is 36.2. The first-order valence-corrected chi connectivity index (χ1v) is 16.0. The number of hydrogen-bond donors (Lipinski definition) is 0. The molecule has 0 saturated heterocycles. The molecule has 0 radical (unpaired) electrons. The summed E-state index contributed by atoms with van der Waals surface area (Å²) in [7, 11) is 0. The summed E-state index contributed by atoms with van der Waals surface area (Å²) in [6.45, 7) is 0. The maximum absolute atomic E-state index is 8.81. The predicted molar refractivity (Wildman–Crippen MR) is 205 cm³/mol. The topological polar surface area (TPSA) is 48.5 Å². The molecule has 10 rings (SSSR count). The van der Waals surface area contributed by atoms with E-state index in [4.69, 9.17) is 23.7 Å². The maximum Gasteiger partial charge on any atom is 0.238 e. The molecule has 0 atom stereocenters. The highest BCUT2D eigenvalue weighted by Gasteiger charge is 2.22. The number of hydrogen-bond acceptors (Lipinski definition) is 3. The number of aromatic nitrogens is 5. The summed E-state index contributed by atoms with van der Waals surface area (Å²) >= 11 is 0. The van der Waals surface area contributed by atoms with Gasteiger partial charge in [-0.1, -0.05) is 145 Å². The summed E-state index contributed by atoms with van der Waals surface area (Å²) in [5.74, 6) is -0.731. The van der Waals surface area contributed by atoms with E-state index >= 15 is 0 Å². The number of nitrogens with zero attached hydrogens (tertiary/aromatic N) is 5. The first-order chi connectivity index (χ1) is 29.0. The average molecular weight is 650 g/mol. The Bertz CT molecular complexity index is 3290. The monoisotopic (exact) mass is 649 g/mol. The molecule has 234 valence electrons. The Balaban J connectivity index is 1.32. The lowest BCUT2D eigenvalue weighted by Gasteiger charge is -2.12. The third kappa shape index (κ3) is 4.45. The molecular weight excluding hydrogens is 611 g/mol. The van der Waals surface area contributed by atoms with Crippen molar-refractivity contribution >= 4 is 43.6 Å². The molecule has 0 spiro atoms. The second-order valence-corrected chi connectivity index (χ2v) is 11.8. The van der Waals surface area contributed by atoms with E-state index in [1.165, 1.54) is 0 Å². The standard InChI is InChI=1S/C45H29N5/c1-4-14-30(15-5-1)31-24-26-34(27-25-31)49-38-22-12-10-20-35(38)36-28-29-40-41(42(36)49)37-21-11-13-23-39(37)50(40)45-47-43(32-16-6-2-7-17-32)46-44(48-45)33-18-8-3-9-19-33/h1-29H/i2D,3D,6D,7D,8D,9D,16D,17D,18D,19D. The van der Waals surface area contributed by atoms with E-state index in [0.29, 0.717) is 11.0 Å². The lowest BCUT2D eigenvalue weighted by Crippen LogP contribution is -2.06. The Kier molecular flexibility index (Phi) is 4.52. The van der Waals surface area contributed by atoms with Crippen molar-refractivity contribution in [2.45, 2.75) is 0 Å². The molecule has 0 aliphatic rings. The van der Waals surface area contributed by atoms with Gasteiger partial charge in [0.1, 0.15) is 0 Å². The Morgan fingerprint density at radius 3 is 1.62 bits per heavy atom. The van der Waals surface area contributed by atoms with Crippen molar-refractivity contribution in [3.8, 4) is 45.5 Å². The molecule has 0 saturated carbocycles. The van der Waals surface area contributed by atoms with E-state index in [9.17, 15) is 0 Å². The molecule has 3 aromatic heterocycles. The van der Waals surface area contributed by atoms with Crippen LogP contribution in [-0.4, -0.2) is 24.1 Å². The number of para-hydroxylation sites is 2. The minimum Gasteiger partial charge on any atom is -0.309 e. The van der Waals surface area contributed by atoms with Gasteiger partial charge >= 0.3 is 0 Å². The van der Waals surface area contributed by atoms with Crippen molar-refractivity contribution in [2.24, 2.45) is 0 Å². The van der Waals surface area contributed by atoms with Crippen LogP contribution in [0.2, 0.25) is 0 Å². The molecular formula is C45H29N5. The van der Waals surface area contributed by atoms with Gasteiger partial charge in [0.05, 0.1) is 35.8 Å². The second kappa shape index (κ2) is 11.4. The largest absolute Gasteiger partial charge is 0.309 e. The van der Waals surface area contributed by atoms with E-state index in [-0.39, 0.29) is 28.7 Å². The normalized spacial score (nSPS) is 14.4. The van der Waals surface area contributed by atoms with Gasteiger partial charge in [-0.25, -0.2) is 4.98 Å². The average Bonchev–Trinajstić information content (AvgIpc) is 3.80. The highest BCUT2D eigenvalue weighted by molar-refractivity contribution is 6.26. The van der Waals surface area contributed by atoms with Crippen LogP contribution in [-0.2, 0) is 0 Å². The number of benzene rings is 7. The molecule has 0 aliphatic heterocycles. The fraction of sp³-hybridized carbons (Fsp3) is 0. The number of fused-ring (bicyclic) bond motifs is 7. The van der Waals surface area contributed by atoms with Crippen LogP contribution in [0.4, 0.5) is 0 Å². The Morgan fingerprint density at radius 1 is 0.400 bits per heavy atom. The van der Waals surface area contributed by atoms with Crippen molar-refractivity contribution in [1.29, 1.82) is 0 Å². The van der Waals surface area contributed by atoms with E-state index < -0.39 is 60.4 Å². The zero-order valence-corrected chi connectivity index (χ0v) is 26.2. The molecule has 0 unspecified atom stereocenters. The Labute approximate surface area is 302 Å². The first kappa shape index (κ1) is 19.8. The molecule has 0 N–H and O–H groups in total. The van der Waals surface area contributed by atoms with Crippen molar-refractivity contribution in [3.05, 3.63) is 176 Å². The summed E-state index contributed by atoms with van der Waals surface area (Å²) in [6.07, 6.45) is 0. The van der Waals surface area contributed by atoms with E-state index in [1.807, 2.05) is 66.7 Å². The molecule has 0 bridgehead atoms. The number of rotatable bonds is 5. The second-order valence-electron chi connectivity index (χ2n) is 11.8. The van der Waals surface area contributed by atoms with Gasteiger partial charge in [0.15, 0.2) is 11.6 Å². The van der Waals surface area contributed by atoms with Crippen molar-refractivity contribution < 1.29 is 13.7 Å². The SMILES string of the molecule is [2H]c1c([2H])c([2H])c(-c2nc(-c3c([2H])c([2H])c([2H])c([2H])c3[2H])nc(-n3c4ccccc4c4c3ccc3c5ccccc5n(-c5ccc(-c6ccccc6)cc5)c34)n2)c([2H])c1[2H]. The van der Waals surface area contributed by atoms with Gasteiger partial charge in [-0.2, -0.15) is 9.97 Å². The highest BCUT2D eigenvalue weighted by atomic mass is 15.2. The van der Waals surface area contributed by atoms with Crippen LogP contribution in [0.1, 0.15) is 13.7 Å². The molecule has 10 aromatic rings. The fourth-order valence-electron chi connectivity index (χ4n) is 6.84. The van der Waals surface area contributed by atoms with Gasteiger partial charge in [-0.3, -0.25) is 4.57 Å². The molecule has 50 heavy (non-hydrogen) atoms. The van der Waals surface area contributed by atoms with Crippen LogP contribution in [0.5, 0.6) is 0 Å². The Morgan fingerprint density at radius 2 is 0.960 bits per heavy atom. The van der Waals surface area contributed by atoms with Crippen LogP contribution in [0.25, 0.3) is 89.2 Å². The van der Waals surface area contributed by atoms with Crippen molar-refractivity contribution in [3.63, 3.8) is 0 Å². The quantitative estimate of drug-likeness (QED) is 0.186. The summed E-state index contributed by atoms with van der Waals surface area (Å²) in [6, 6.07) is 32.4. The summed E-state index contributed by atoms with van der Waals surface area (Å²) in [4.78, 5) is 14.1. The smallest absolute Gasteiger partial charge is 0.238 e. The van der Waals surface area contributed by atoms with E-state index in [2.05, 4.69) is 58.1 Å². The molecule has 0 amide bonds. The van der Waals surface area contributed by atoms with Gasteiger partial charge in [0, 0.05) is 38.4 Å². The lowest BCUT2D eigenvalue weighted by atomic mass is 10.1. The van der Waals surface area contributed by atoms with Crippen LogP contribution in [0, 0.1) is 0 Å². The van der Waals surface area contributed by atoms with E-state index in [1.54, 1.807) is 4.57 Å². The van der Waals surface area contributed by atoms with Gasteiger partial charge in [0.25, 0.3) is 0 Å². The third-order valence-electron chi connectivity index (χ3n) is 8.97. The van der Waals surface area contributed by atoms with Crippen molar-refractivity contribution in [1.82, 2.24) is 24.1 Å². The molecule has 7 aromatic carbocycles. The molecule has 5 nitrogen and oxygen atoms in total. The zero-order chi connectivity index (χ0) is 41.7. The molecule has 0 aliphatic carbocycles. The molecule has 5 heteroatoms. The van der Waals surface area contributed by atoms with Crippen LogP contribution in [0.3, 0.4) is 0 Å². The van der Waals surface area contributed by atoms with Crippen LogP contribution < -0.4 is 0 Å². The maximum atomic E-state index is 8.81. The van der Waals surface area contributed by atoms with Gasteiger partial charge in [-0.15, -0.1) is 0 Å². The minimum atomic E-state index is -0.610. The van der Waals surface area contributed by atoms with Crippen LogP contribution >= 0.6 is 0 Å². The van der Waals surface area contributed by atoms with Gasteiger partial charge in [0.2, 0.25) is 5.95 Å². The van der Waals surface area contributed by atoms with Crippen LogP contribution in [0.15, 0.2) is 176 Å². The Hall–Kier alpha value is -6.85. The lowest BCUT2D eigenvalue weighted by molar-refractivity contribution is 0.953. The minimum absolute atomic E-state index is 0.0611. The predicted octanol–water partition coefficient (Wildman–Crippen LogP) is 11.1. The molecule has 0 fully saturated rings.